The SMILES string of the molecule is O=C(c1ccc2c(c1)OCO2)c1ccccc1OC(F)(F)F. The van der Waals surface area contributed by atoms with Gasteiger partial charge in [-0.3, -0.25) is 4.79 Å². The Labute approximate surface area is 123 Å². The summed E-state index contributed by atoms with van der Waals surface area (Å²) < 4.78 is 51.4. The number of halogens is 3. The van der Waals surface area contributed by atoms with Crippen molar-refractivity contribution < 1.29 is 32.2 Å². The van der Waals surface area contributed by atoms with Gasteiger partial charge in [0, 0.05) is 5.56 Å². The Morgan fingerprint density at radius 1 is 1.05 bits per heavy atom. The van der Waals surface area contributed by atoms with E-state index >= 15 is 0 Å². The Morgan fingerprint density at radius 3 is 2.55 bits per heavy atom. The second kappa shape index (κ2) is 5.25. The minimum absolute atomic E-state index is 0.0424. The number of carbonyl (C=O) groups excluding carboxylic acids is 1. The van der Waals surface area contributed by atoms with Gasteiger partial charge in [-0.05, 0) is 30.3 Å². The zero-order valence-electron chi connectivity index (χ0n) is 11.0. The third kappa shape index (κ3) is 2.83. The van der Waals surface area contributed by atoms with Crippen molar-refractivity contribution in [3.05, 3.63) is 53.6 Å². The first-order valence-electron chi connectivity index (χ1n) is 6.23. The van der Waals surface area contributed by atoms with Gasteiger partial charge in [0.05, 0.1) is 5.56 Å². The predicted molar refractivity (Wildman–Crippen MR) is 69.1 cm³/mol. The highest BCUT2D eigenvalue weighted by molar-refractivity contribution is 6.11. The van der Waals surface area contributed by atoms with Gasteiger partial charge in [0.15, 0.2) is 17.3 Å². The second-order valence-corrected chi connectivity index (χ2v) is 4.44. The molecular formula is C15H9F3O4. The maximum Gasteiger partial charge on any atom is 0.573 e. The average Bonchev–Trinajstić information content (AvgIpc) is 2.92. The smallest absolute Gasteiger partial charge is 0.454 e. The number of alkyl halides is 3. The molecule has 0 saturated carbocycles. The van der Waals surface area contributed by atoms with Crippen LogP contribution in [0.3, 0.4) is 0 Å². The standard InChI is InChI=1S/C15H9F3O4/c16-15(17,18)22-11-4-2-1-3-10(11)14(19)9-5-6-12-13(7-9)21-8-20-12/h1-7H,8H2. The van der Waals surface area contributed by atoms with Crippen LogP contribution in [0, 0.1) is 0 Å². The molecule has 0 bridgehead atoms. The highest BCUT2D eigenvalue weighted by Gasteiger charge is 2.33. The van der Waals surface area contributed by atoms with Crippen molar-refractivity contribution >= 4 is 5.78 Å². The molecule has 114 valence electrons. The summed E-state index contributed by atoms with van der Waals surface area (Å²) in [4.78, 5) is 12.4. The predicted octanol–water partition coefficient (Wildman–Crippen LogP) is 3.54. The lowest BCUT2D eigenvalue weighted by Crippen LogP contribution is -2.19. The number of carbonyl (C=O) groups is 1. The van der Waals surface area contributed by atoms with Crippen molar-refractivity contribution in [2.75, 3.05) is 6.79 Å². The monoisotopic (exact) mass is 310 g/mol. The lowest BCUT2D eigenvalue weighted by atomic mass is 10.0. The first kappa shape index (κ1) is 14.2. The number of fused-ring (bicyclic) bond motifs is 1. The fourth-order valence-electron chi connectivity index (χ4n) is 2.06. The number of rotatable bonds is 3. The third-order valence-corrected chi connectivity index (χ3v) is 2.99. The van der Waals surface area contributed by atoms with Crippen molar-refractivity contribution in [1.29, 1.82) is 0 Å². The zero-order chi connectivity index (χ0) is 15.7. The van der Waals surface area contributed by atoms with Crippen LogP contribution in [0.1, 0.15) is 15.9 Å². The molecule has 0 aromatic heterocycles. The molecule has 0 unspecified atom stereocenters. The van der Waals surface area contributed by atoms with Gasteiger partial charge in [-0.1, -0.05) is 12.1 Å². The van der Waals surface area contributed by atoms with E-state index in [1.165, 1.54) is 36.4 Å². The topological polar surface area (TPSA) is 44.8 Å². The second-order valence-electron chi connectivity index (χ2n) is 4.44. The molecule has 3 rings (SSSR count). The van der Waals surface area contributed by atoms with E-state index in [2.05, 4.69) is 4.74 Å². The quantitative estimate of drug-likeness (QED) is 0.813. The molecule has 0 N–H and O–H groups in total. The molecule has 2 aromatic carbocycles. The van der Waals surface area contributed by atoms with Gasteiger partial charge in [0.25, 0.3) is 0 Å². The first-order chi connectivity index (χ1) is 10.4. The van der Waals surface area contributed by atoms with Crippen LogP contribution in [-0.4, -0.2) is 18.9 Å². The normalized spacial score (nSPS) is 13.0. The van der Waals surface area contributed by atoms with Gasteiger partial charge in [-0.2, -0.15) is 0 Å². The average molecular weight is 310 g/mol. The van der Waals surface area contributed by atoms with E-state index in [4.69, 9.17) is 9.47 Å². The molecule has 0 amide bonds. The van der Waals surface area contributed by atoms with Gasteiger partial charge in [-0.15, -0.1) is 13.2 Å². The molecule has 0 aliphatic carbocycles. The van der Waals surface area contributed by atoms with Crippen molar-refractivity contribution in [1.82, 2.24) is 0 Å². The molecule has 4 nitrogen and oxygen atoms in total. The van der Waals surface area contributed by atoms with Crippen molar-refractivity contribution in [3.8, 4) is 17.2 Å². The number of hydrogen-bond donors (Lipinski definition) is 0. The van der Waals surface area contributed by atoms with Crippen LogP contribution in [-0.2, 0) is 0 Å². The zero-order valence-corrected chi connectivity index (χ0v) is 11.0. The van der Waals surface area contributed by atoms with Gasteiger partial charge in [-0.25, -0.2) is 0 Å². The summed E-state index contributed by atoms with van der Waals surface area (Å²) in [6, 6.07) is 9.60. The minimum Gasteiger partial charge on any atom is -0.454 e. The maximum atomic E-state index is 12.4. The fourth-order valence-corrected chi connectivity index (χ4v) is 2.06. The van der Waals surface area contributed by atoms with Gasteiger partial charge in [0.1, 0.15) is 5.75 Å². The molecule has 22 heavy (non-hydrogen) atoms. The summed E-state index contributed by atoms with van der Waals surface area (Å²) in [5, 5.41) is 0. The fraction of sp³-hybridized carbons (Fsp3) is 0.133. The number of hydrogen-bond acceptors (Lipinski definition) is 4. The van der Waals surface area contributed by atoms with Gasteiger partial charge in [0.2, 0.25) is 6.79 Å². The molecule has 0 fully saturated rings. The van der Waals surface area contributed by atoms with Crippen LogP contribution in [0.4, 0.5) is 13.2 Å². The van der Waals surface area contributed by atoms with E-state index in [1.54, 1.807) is 0 Å². The molecule has 0 atom stereocenters. The van der Waals surface area contributed by atoms with Crippen molar-refractivity contribution in [2.45, 2.75) is 6.36 Å². The number of benzene rings is 2. The molecular weight excluding hydrogens is 301 g/mol. The van der Waals surface area contributed by atoms with E-state index in [-0.39, 0.29) is 17.9 Å². The van der Waals surface area contributed by atoms with Crippen LogP contribution >= 0.6 is 0 Å². The highest BCUT2D eigenvalue weighted by atomic mass is 19.4. The molecule has 7 heteroatoms. The van der Waals surface area contributed by atoms with Crippen molar-refractivity contribution in [2.24, 2.45) is 0 Å². The lowest BCUT2D eigenvalue weighted by Gasteiger charge is -2.12. The molecule has 2 aromatic rings. The maximum absolute atomic E-state index is 12.4. The lowest BCUT2D eigenvalue weighted by molar-refractivity contribution is -0.274. The number of ketones is 1. The summed E-state index contributed by atoms with van der Waals surface area (Å²) in [5.74, 6) is -0.285. The third-order valence-electron chi connectivity index (χ3n) is 2.99. The van der Waals surface area contributed by atoms with Crippen LogP contribution in [0.5, 0.6) is 17.2 Å². The minimum atomic E-state index is -4.87. The van der Waals surface area contributed by atoms with E-state index in [9.17, 15) is 18.0 Å². The summed E-state index contributed by atoms with van der Waals surface area (Å²) >= 11 is 0. The summed E-state index contributed by atoms with van der Waals surface area (Å²) in [6.07, 6.45) is -4.87. The molecule has 0 radical (unpaired) electrons. The van der Waals surface area contributed by atoms with E-state index in [0.717, 1.165) is 6.07 Å². The Balaban J connectivity index is 1.95. The summed E-state index contributed by atoms with van der Waals surface area (Å²) in [7, 11) is 0. The largest absolute Gasteiger partial charge is 0.573 e. The molecule has 1 aliphatic rings. The number of para-hydroxylation sites is 1. The van der Waals surface area contributed by atoms with Crippen LogP contribution in [0.25, 0.3) is 0 Å². The Bertz CT molecular complexity index is 725. The Kier molecular flexibility index (Phi) is 3.40. The van der Waals surface area contributed by atoms with E-state index < -0.39 is 17.9 Å². The summed E-state index contributed by atoms with van der Waals surface area (Å²) in [5.41, 5.74) is 0.00108. The van der Waals surface area contributed by atoms with E-state index in [0.29, 0.717) is 11.5 Å². The highest BCUT2D eigenvalue weighted by Crippen LogP contribution is 2.34. The van der Waals surface area contributed by atoms with Crippen LogP contribution in [0.2, 0.25) is 0 Å². The molecule has 1 heterocycles. The van der Waals surface area contributed by atoms with Gasteiger partial charge >= 0.3 is 6.36 Å². The Hall–Kier alpha value is -2.70. The molecule has 0 saturated heterocycles. The van der Waals surface area contributed by atoms with Crippen LogP contribution in [0.15, 0.2) is 42.5 Å². The number of ether oxygens (including phenoxy) is 3. The van der Waals surface area contributed by atoms with Gasteiger partial charge < -0.3 is 14.2 Å². The molecule has 0 spiro atoms. The van der Waals surface area contributed by atoms with E-state index in [1.807, 2.05) is 0 Å². The summed E-state index contributed by atoms with van der Waals surface area (Å²) in [6.45, 7) is 0.0424. The molecule has 1 aliphatic heterocycles. The van der Waals surface area contributed by atoms with Crippen LogP contribution < -0.4 is 14.2 Å². The first-order valence-corrected chi connectivity index (χ1v) is 6.23. The van der Waals surface area contributed by atoms with Crippen molar-refractivity contribution in [3.63, 3.8) is 0 Å². The Morgan fingerprint density at radius 2 is 1.77 bits per heavy atom.